The Bertz CT molecular complexity index is 1480. The number of benzene rings is 3. The third kappa shape index (κ3) is 5.15. The smallest absolute Gasteiger partial charge is 0.282 e. The van der Waals surface area contributed by atoms with Gasteiger partial charge in [-0.25, -0.2) is 4.98 Å². The Hall–Kier alpha value is -4.01. The highest BCUT2D eigenvalue weighted by molar-refractivity contribution is 6.30. The molecule has 4 aromatic rings. The summed E-state index contributed by atoms with van der Waals surface area (Å²) < 4.78 is 12.4. The van der Waals surface area contributed by atoms with Crippen molar-refractivity contribution in [2.75, 3.05) is 32.9 Å². The van der Waals surface area contributed by atoms with Gasteiger partial charge in [-0.1, -0.05) is 54.1 Å². The lowest BCUT2D eigenvalue weighted by molar-refractivity contribution is -0.137. The molecule has 0 aliphatic carbocycles. The second kappa shape index (κ2) is 10.7. The third-order valence-corrected chi connectivity index (χ3v) is 6.02. The van der Waals surface area contributed by atoms with Gasteiger partial charge in [0.2, 0.25) is 0 Å². The molecule has 1 saturated heterocycles. The normalized spacial score (nSPS) is 13.9. The Morgan fingerprint density at radius 2 is 1.81 bits per heavy atom. The summed E-state index contributed by atoms with van der Waals surface area (Å²) >= 11 is 6.23. The fourth-order valence-electron chi connectivity index (χ4n) is 3.92. The van der Waals surface area contributed by atoms with Crippen molar-refractivity contribution in [1.82, 2.24) is 14.6 Å². The van der Waals surface area contributed by atoms with Gasteiger partial charge in [0.25, 0.3) is 11.5 Å². The van der Waals surface area contributed by atoms with E-state index in [0.29, 0.717) is 59.4 Å². The molecule has 0 radical (unpaired) electrons. The van der Waals surface area contributed by atoms with Gasteiger partial charge in [-0.05, 0) is 30.3 Å². The number of carbonyl (C=O) groups excluding carboxylic acids is 1. The van der Waals surface area contributed by atoms with Crippen molar-refractivity contribution in [2.24, 2.45) is 5.10 Å². The van der Waals surface area contributed by atoms with E-state index < -0.39 is 0 Å². The Balaban J connectivity index is 1.49. The Morgan fingerprint density at radius 3 is 2.61 bits per heavy atom. The van der Waals surface area contributed by atoms with Gasteiger partial charge in [0.15, 0.2) is 12.4 Å². The second-order valence-electron chi connectivity index (χ2n) is 8.14. The van der Waals surface area contributed by atoms with Crippen LogP contribution in [0.25, 0.3) is 22.3 Å². The quantitative estimate of drug-likeness (QED) is 0.374. The van der Waals surface area contributed by atoms with Crippen LogP contribution in [-0.2, 0) is 9.53 Å². The molecule has 1 aliphatic heterocycles. The molecule has 1 fully saturated rings. The second-order valence-corrected chi connectivity index (χ2v) is 8.58. The molecule has 0 unspecified atom stereocenters. The maximum absolute atomic E-state index is 13.4. The summed E-state index contributed by atoms with van der Waals surface area (Å²) in [7, 11) is 0. The van der Waals surface area contributed by atoms with E-state index >= 15 is 0 Å². The number of ether oxygens (including phenoxy) is 2. The lowest BCUT2D eigenvalue weighted by Gasteiger charge is -2.26. The van der Waals surface area contributed by atoms with Crippen LogP contribution in [0.5, 0.6) is 5.75 Å². The van der Waals surface area contributed by atoms with E-state index in [0.717, 1.165) is 5.56 Å². The molecule has 1 aliphatic rings. The summed E-state index contributed by atoms with van der Waals surface area (Å²) in [6.45, 7) is 1.98. The number of nitrogens with zero attached hydrogens (tertiary/aromatic N) is 4. The summed E-state index contributed by atoms with van der Waals surface area (Å²) in [6.07, 6.45) is 1.49. The van der Waals surface area contributed by atoms with Gasteiger partial charge in [0, 0.05) is 29.2 Å². The van der Waals surface area contributed by atoms with Crippen molar-refractivity contribution in [3.8, 4) is 17.1 Å². The van der Waals surface area contributed by atoms with Crippen LogP contribution in [0, 0.1) is 0 Å². The van der Waals surface area contributed by atoms with Gasteiger partial charge >= 0.3 is 0 Å². The molecule has 5 rings (SSSR count). The van der Waals surface area contributed by atoms with Gasteiger partial charge in [0.1, 0.15) is 5.75 Å². The minimum atomic E-state index is -0.303. The summed E-state index contributed by atoms with van der Waals surface area (Å²) in [4.78, 5) is 32.3. The van der Waals surface area contributed by atoms with Gasteiger partial charge in [-0.3, -0.25) is 9.59 Å². The van der Waals surface area contributed by atoms with Crippen LogP contribution in [0.15, 0.2) is 82.7 Å². The van der Waals surface area contributed by atoms with Crippen LogP contribution in [0.3, 0.4) is 0 Å². The van der Waals surface area contributed by atoms with Gasteiger partial charge < -0.3 is 14.4 Å². The van der Waals surface area contributed by atoms with Crippen molar-refractivity contribution < 1.29 is 14.3 Å². The molecule has 2 heterocycles. The van der Waals surface area contributed by atoms with Crippen molar-refractivity contribution in [1.29, 1.82) is 0 Å². The molecule has 9 heteroatoms. The molecule has 182 valence electrons. The molecular weight excluding hydrogens is 480 g/mol. The summed E-state index contributed by atoms with van der Waals surface area (Å²) in [5.41, 5.74) is 1.55. The monoisotopic (exact) mass is 502 g/mol. The highest BCUT2D eigenvalue weighted by Crippen LogP contribution is 2.23. The summed E-state index contributed by atoms with van der Waals surface area (Å²) in [5, 5.41) is 5.41. The largest absolute Gasteiger partial charge is 0.483 e. The van der Waals surface area contributed by atoms with Crippen LogP contribution < -0.4 is 10.3 Å². The van der Waals surface area contributed by atoms with Crippen molar-refractivity contribution in [2.45, 2.75) is 0 Å². The minimum Gasteiger partial charge on any atom is -0.483 e. The van der Waals surface area contributed by atoms with E-state index in [1.54, 1.807) is 41.3 Å². The van der Waals surface area contributed by atoms with Crippen LogP contribution in [-0.4, -0.2) is 59.6 Å². The molecule has 0 atom stereocenters. The van der Waals surface area contributed by atoms with Crippen LogP contribution in [0.1, 0.15) is 5.56 Å². The number of rotatable bonds is 6. The number of halogens is 1. The average Bonchev–Trinajstić information content (AvgIpc) is 2.92. The number of amides is 1. The molecular formula is C27H23ClN4O4. The molecule has 0 spiro atoms. The highest BCUT2D eigenvalue weighted by Gasteiger charge is 2.18. The molecule has 8 nitrogen and oxygen atoms in total. The zero-order chi connectivity index (χ0) is 24.9. The van der Waals surface area contributed by atoms with Crippen LogP contribution in [0.2, 0.25) is 5.02 Å². The van der Waals surface area contributed by atoms with Gasteiger partial charge in [0.05, 0.1) is 30.3 Å². The van der Waals surface area contributed by atoms with E-state index in [4.69, 9.17) is 26.1 Å². The molecule has 0 bridgehead atoms. The van der Waals surface area contributed by atoms with Crippen molar-refractivity contribution in [3.63, 3.8) is 0 Å². The number of carbonyl (C=O) groups is 1. The molecule has 0 N–H and O–H groups in total. The number of para-hydroxylation sites is 1. The van der Waals surface area contributed by atoms with E-state index in [-0.39, 0.29) is 18.1 Å². The van der Waals surface area contributed by atoms with Gasteiger partial charge in [-0.2, -0.15) is 9.78 Å². The van der Waals surface area contributed by atoms with E-state index in [2.05, 4.69) is 5.10 Å². The number of fused-ring (bicyclic) bond motifs is 1. The fourth-order valence-corrected chi connectivity index (χ4v) is 4.10. The number of hydrogen-bond acceptors (Lipinski definition) is 6. The molecule has 0 saturated carbocycles. The predicted octanol–water partition coefficient (Wildman–Crippen LogP) is 3.84. The average molecular weight is 503 g/mol. The highest BCUT2D eigenvalue weighted by atomic mass is 35.5. The first kappa shape index (κ1) is 23.7. The van der Waals surface area contributed by atoms with Crippen LogP contribution >= 0.6 is 11.6 Å². The van der Waals surface area contributed by atoms with Crippen molar-refractivity contribution in [3.05, 3.63) is 93.7 Å². The number of aromatic nitrogens is 2. The molecule has 1 amide bonds. The Labute approximate surface area is 212 Å². The Kier molecular flexibility index (Phi) is 7.06. The van der Waals surface area contributed by atoms with Gasteiger partial charge in [-0.15, -0.1) is 0 Å². The lowest BCUT2D eigenvalue weighted by atomic mass is 10.2. The SMILES string of the molecule is O=C(COc1ccc(Cl)cc1C=Nn1c(-c2ccccc2)nc2ccccc2c1=O)N1CCOCC1. The summed E-state index contributed by atoms with van der Waals surface area (Å²) in [5.74, 6) is 0.702. The first-order valence-corrected chi connectivity index (χ1v) is 11.9. The van der Waals surface area contributed by atoms with Crippen LogP contribution in [0.4, 0.5) is 0 Å². The third-order valence-electron chi connectivity index (χ3n) is 5.78. The topological polar surface area (TPSA) is 86.0 Å². The van der Waals surface area contributed by atoms with E-state index in [1.807, 2.05) is 36.4 Å². The first-order chi connectivity index (χ1) is 17.6. The lowest BCUT2D eigenvalue weighted by Crippen LogP contribution is -2.43. The molecule has 3 aromatic carbocycles. The first-order valence-electron chi connectivity index (χ1n) is 11.5. The van der Waals surface area contributed by atoms with E-state index in [1.165, 1.54) is 10.9 Å². The maximum atomic E-state index is 13.4. The zero-order valence-corrected chi connectivity index (χ0v) is 20.1. The molecule has 36 heavy (non-hydrogen) atoms. The standard InChI is InChI=1S/C27H23ClN4O4/c28-21-10-11-24(36-18-25(33)31-12-14-35-15-13-31)20(16-21)17-29-32-26(19-6-2-1-3-7-19)30-23-9-5-4-8-22(23)27(32)34/h1-11,16-17H,12-15,18H2. The Morgan fingerprint density at radius 1 is 1.06 bits per heavy atom. The zero-order valence-electron chi connectivity index (χ0n) is 19.3. The number of hydrogen-bond donors (Lipinski definition) is 0. The predicted molar refractivity (Wildman–Crippen MR) is 139 cm³/mol. The van der Waals surface area contributed by atoms with Crippen molar-refractivity contribution >= 4 is 34.6 Å². The summed E-state index contributed by atoms with van der Waals surface area (Å²) in [6, 6.07) is 21.5. The minimum absolute atomic E-state index is 0.127. The number of morpholine rings is 1. The fraction of sp³-hybridized carbons (Fsp3) is 0.185. The van der Waals surface area contributed by atoms with E-state index in [9.17, 15) is 9.59 Å². The molecule has 1 aromatic heterocycles. The maximum Gasteiger partial charge on any atom is 0.282 e.